The quantitative estimate of drug-likeness (QED) is 0.369. The van der Waals surface area contributed by atoms with Gasteiger partial charge in [0.2, 0.25) is 0 Å². The van der Waals surface area contributed by atoms with Gasteiger partial charge in [0.05, 0.1) is 30.9 Å². The number of benzene rings is 1. The summed E-state index contributed by atoms with van der Waals surface area (Å²) < 4.78 is 7.73. The first-order chi connectivity index (χ1) is 14.1. The molecule has 0 saturated heterocycles. The van der Waals surface area contributed by atoms with Gasteiger partial charge in [0.15, 0.2) is 5.82 Å². The van der Waals surface area contributed by atoms with E-state index in [9.17, 15) is 10.2 Å². The van der Waals surface area contributed by atoms with Gasteiger partial charge in [0.1, 0.15) is 18.6 Å². The molecule has 2 heterocycles. The Morgan fingerprint density at radius 1 is 1.28 bits per heavy atom. The second-order valence-electron chi connectivity index (χ2n) is 6.74. The summed E-state index contributed by atoms with van der Waals surface area (Å²) in [5.74, 6) is 0.924. The number of nitrogens with two attached hydrogens (primary N) is 1. The van der Waals surface area contributed by atoms with Crippen molar-refractivity contribution in [3.8, 4) is 0 Å². The molecule has 0 spiro atoms. The molecule has 3 aromatic rings. The normalized spacial score (nSPS) is 13.6. The van der Waals surface area contributed by atoms with Crippen molar-refractivity contribution in [3.05, 3.63) is 54.0 Å². The summed E-state index contributed by atoms with van der Waals surface area (Å²) in [5, 5.41) is 23.0. The number of rotatable bonds is 11. The molecule has 0 radical (unpaired) electrons. The number of hydrogen-bond donors (Lipinski definition) is 4. The minimum atomic E-state index is -0.641. The lowest BCUT2D eigenvalue weighted by molar-refractivity contribution is 0.0667. The number of aliphatic hydroxyl groups is 2. The topological polar surface area (TPSA) is 118 Å². The molecule has 2 atom stereocenters. The largest absolute Gasteiger partial charge is 0.395 e. The number of anilines is 1. The summed E-state index contributed by atoms with van der Waals surface area (Å²) in [6.07, 6.45) is 4.63. The standard InChI is InChI=1S/C20H27N5O3S/c1-29-11-17(27)16(9-26)22-7-15-8-25(19-18(15)23-12-24-20(19)21)13-28-10-14-5-3-2-4-6-14/h2-6,8,12,16-17,22,26-27H,7,9-11,13H2,1H3,(H2,21,23,24)/t16-,17-/m1/s1. The monoisotopic (exact) mass is 417 g/mol. The lowest BCUT2D eigenvalue weighted by Crippen LogP contribution is -2.43. The Hall–Kier alpha value is -2.17. The molecular weight excluding hydrogens is 390 g/mol. The van der Waals surface area contributed by atoms with Crippen LogP contribution in [0.2, 0.25) is 0 Å². The smallest absolute Gasteiger partial charge is 0.151 e. The highest BCUT2D eigenvalue weighted by Crippen LogP contribution is 2.23. The second kappa shape index (κ2) is 10.6. The summed E-state index contributed by atoms with van der Waals surface area (Å²) in [7, 11) is 0. The number of thioether (sulfide) groups is 1. The fourth-order valence-corrected chi connectivity index (χ4v) is 3.72. The maximum atomic E-state index is 10.2. The highest BCUT2D eigenvalue weighted by atomic mass is 32.2. The lowest BCUT2D eigenvalue weighted by atomic mass is 10.2. The van der Waals surface area contributed by atoms with Crippen LogP contribution < -0.4 is 11.1 Å². The average Bonchev–Trinajstić information content (AvgIpc) is 3.08. The SMILES string of the molecule is CSC[C@@H](O)[C@@H](CO)NCc1cn(COCc2ccccc2)c2c(N)ncnc12. The molecule has 29 heavy (non-hydrogen) atoms. The molecular formula is C20H27N5O3S. The lowest BCUT2D eigenvalue weighted by Gasteiger charge is -2.21. The zero-order valence-corrected chi connectivity index (χ0v) is 17.2. The summed E-state index contributed by atoms with van der Waals surface area (Å²) in [5.41, 5.74) is 9.51. The van der Waals surface area contributed by atoms with Crippen molar-refractivity contribution in [2.45, 2.75) is 32.0 Å². The minimum absolute atomic E-state index is 0.155. The number of ether oxygens (including phenoxy) is 1. The predicted molar refractivity (Wildman–Crippen MR) is 115 cm³/mol. The van der Waals surface area contributed by atoms with E-state index in [4.69, 9.17) is 10.5 Å². The molecule has 0 bridgehead atoms. The van der Waals surface area contributed by atoms with Gasteiger partial charge < -0.3 is 30.6 Å². The summed E-state index contributed by atoms with van der Waals surface area (Å²) in [6, 6.07) is 9.51. The fourth-order valence-electron chi connectivity index (χ4n) is 3.14. The summed E-state index contributed by atoms with van der Waals surface area (Å²) >= 11 is 1.53. The Balaban J connectivity index is 1.73. The Morgan fingerprint density at radius 2 is 2.07 bits per heavy atom. The molecule has 9 heteroatoms. The van der Waals surface area contributed by atoms with Crippen LogP contribution in [-0.2, 0) is 24.6 Å². The van der Waals surface area contributed by atoms with Gasteiger partial charge in [0.25, 0.3) is 0 Å². The van der Waals surface area contributed by atoms with Gasteiger partial charge in [-0.1, -0.05) is 30.3 Å². The third-order valence-corrected chi connectivity index (χ3v) is 5.32. The molecule has 5 N–H and O–H groups in total. The van der Waals surface area contributed by atoms with Crippen LogP contribution in [0, 0.1) is 0 Å². The minimum Gasteiger partial charge on any atom is -0.395 e. The van der Waals surface area contributed by atoms with Gasteiger partial charge in [-0.25, -0.2) is 9.97 Å². The first-order valence-corrected chi connectivity index (χ1v) is 10.7. The van der Waals surface area contributed by atoms with E-state index >= 15 is 0 Å². The maximum Gasteiger partial charge on any atom is 0.151 e. The molecule has 156 valence electrons. The molecule has 2 aromatic heterocycles. The molecule has 0 amide bonds. The van der Waals surface area contributed by atoms with Crippen LogP contribution in [0.5, 0.6) is 0 Å². The molecule has 0 saturated carbocycles. The number of fused-ring (bicyclic) bond motifs is 1. The Kier molecular flexibility index (Phi) is 7.84. The van der Waals surface area contributed by atoms with Gasteiger partial charge in [0, 0.05) is 24.1 Å². The zero-order chi connectivity index (χ0) is 20.6. The van der Waals surface area contributed by atoms with Crippen LogP contribution in [0.3, 0.4) is 0 Å². The number of hydrogen-bond acceptors (Lipinski definition) is 8. The fraction of sp³-hybridized carbons (Fsp3) is 0.400. The molecule has 0 aliphatic rings. The first-order valence-electron chi connectivity index (χ1n) is 9.35. The van der Waals surface area contributed by atoms with E-state index in [1.807, 2.05) is 47.4 Å². The number of nitrogens with one attached hydrogen (secondary N) is 1. The third kappa shape index (κ3) is 5.46. The third-order valence-electron chi connectivity index (χ3n) is 4.65. The Bertz CT molecular complexity index is 906. The van der Waals surface area contributed by atoms with Crippen LogP contribution in [-0.4, -0.2) is 55.5 Å². The second-order valence-corrected chi connectivity index (χ2v) is 7.65. The first kappa shape index (κ1) is 21.5. The van der Waals surface area contributed by atoms with Gasteiger partial charge in [-0.15, -0.1) is 0 Å². The number of aromatic nitrogens is 3. The molecule has 8 nitrogen and oxygen atoms in total. The van der Waals surface area contributed by atoms with Crippen molar-refractivity contribution < 1.29 is 14.9 Å². The van der Waals surface area contributed by atoms with E-state index in [0.29, 0.717) is 37.0 Å². The molecule has 0 unspecified atom stereocenters. The van der Waals surface area contributed by atoms with Crippen molar-refractivity contribution in [1.29, 1.82) is 0 Å². The molecule has 0 aliphatic carbocycles. The Labute approximate surface area is 174 Å². The van der Waals surface area contributed by atoms with Crippen molar-refractivity contribution in [2.75, 3.05) is 24.3 Å². The van der Waals surface area contributed by atoms with E-state index in [1.165, 1.54) is 18.1 Å². The van der Waals surface area contributed by atoms with E-state index in [1.54, 1.807) is 0 Å². The van der Waals surface area contributed by atoms with Crippen molar-refractivity contribution in [3.63, 3.8) is 0 Å². The van der Waals surface area contributed by atoms with Crippen molar-refractivity contribution >= 4 is 28.6 Å². The van der Waals surface area contributed by atoms with E-state index in [-0.39, 0.29) is 6.61 Å². The number of nitrogens with zero attached hydrogens (tertiary/aromatic N) is 3. The molecule has 0 aliphatic heterocycles. The molecule has 1 aromatic carbocycles. The van der Waals surface area contributed by atoms with Gasteiger partial charge in [-0.2, -0.15) is 11.8 Å². The summed E-state index contributed by atoms with van der Waals surface area (Å²) in [4.78, 5) is 8.48. The maximum absolute atomic E-state index is 10.2. The van der Waals surface area contributed by atoms with Crippen LogP contribution in [0.1, 0.15) is 11.1 Å². The van der Waals surface area contributed by atoms with E-state index < -0.39 is 12.1 Å². The van der Waals surface area contributed by atoms with E-state index in [2.05, 4.69) is 15.3 Å². The van der Waals surface area contributed by atoms with Gasteiger partial charge in [-0.05, 0) is 11.8 Å². The van der Waals surface area contributed by atoms with Gasteiger partial charge >= 0.3 is 0 Å². The zero-order valence-electron chi connectivity index (χ0n) is 16.4. The van der Waals surface area contributed by atoms with Crippen LogP contribution in [0.15, 0.2) is 42.9 Å². The highest BCUT2D eigenvalue weighted by molar-refractivity contribution is 7.98. The number of nitrogen functional groups attached to an aromatic ring is 1. The van der Waals surface area contributed by atoms with Gasteiger partial charge in [-0.3, -0.25) is 0 Å². The van der Waals surface area contributed by atoms with E-state index in [0.717, 1.165) is 16.6 Å². The molecule has 3 rings (SSSR count). The van der Waals surface area contributed by atoms with Crippen LogP contribution in [0.4, 0.5) is 5.82 Å². The predicted octanol–water partition coefficient (Wildman–Crippen LogP) is 1.36. The van der Waals surface area contributed by atoms with Crippen molar-refractivity contribution in [1.82, 2.24) is 19.9 Å². The highest BCUT2D eigenvalue weighted by Gasteiger charge is 2.19. The summed E-state index contributed by atoms with van der Waals surface area (Å²) in [6.45, 7) is 1.06. The Morgan fingerprint density at radius 3 is 2.79 bits per heavy atom. The number of aliphatic hydroxyl groups excluding tert-OH is 2. The average molecular weight is 418 g/mol. The van der Waals surface area contributed by atoms with Crippen LogP contribution in [0.25, 0.3) is 11.0 Å². The van der Waals surface area contributed by atoms with Crippen LogP contribution >= 0.6 is 11.8 Å². The van der Waals surface area contributed by atoms with Crippen molar-refractivity contribution in [2.24, 2.45) is 0 Å². The molecule has 0 fully saturated rings.